The van der Waals surface area contributed by atoms with Gasteiger partial charge in [-0.15, -0.1) is 0 Å². The Morgan fingerprint density at radius 1 is 1.27 bits per heavy atom. The van der Waals surface area contributed by atoms with Gasteiger partial charge >= 0.3 is 0 Å². The summed E-state index contributed by atoms with van der Waals surface area (Å²) in [6.45, 7) is 3.09. The third-order valence-electron chi connectivity index (χ3n) is 3.70. The molecule has 2 rings (SSSR count). The highest BCUT2D eigenvalue weighted by molar-refractivity contribution is 6.32. The highest BCUT2D eigenvalue weighted by Crippen LogP contribution is 2.37. The SMILES string of the molecule is CCC(CO)NCc1cc(Cl)c(OCc2cccnc2)c(OC)c1.[Cl-].[Cl-]. The minimum atomic E-state index is 0. The van der Waals surface area contributed by atoms with Gasteiger partial charge in [0.05, 0.1) is 18.7 Å². The monoisotopic (exact) mass is 420 g/mol. The Bertz CT molecular complexity index is 641. The first kappa shape index (κ1) is 24.8. The number of halogens is 3. The maximum Gasteiger partial charge on any atom is 0.180 e. The van der Waals surface area contributed by atoms with E-state index in [1.54, 1.807) is 19.5 Å². The van der Waals surface area contributed by atoms with Crippen molar-refractivity contribution in [1.29, 1.82) is 0 Å². The van der Waals surface area contributed by atoms with Gasteiger partial charge in [0.25, 0.3) is 0 Å². The first-order valence-electron chi connectivity index (χ1n) is 7.90. The summed E-state index contributed by atoms with van der Waals surface area (Å²) < 4.78 is 11.2. The van der Waals surface area contributed by atoms with Crippen molar-refractivity contribution in [1.82, 2.24) is 10.3 Å². The third kappa shape index (κ3) is 7.17. The Hall–Kier alpha value is -1.24. The summed E-state index contributed by atoms with van der Waals surface area (Å²) >= 11 is 6.36. The van der Waals surface area contributed by atoms with E-state index in [1.807, 2.05) is 31.2 Å². The Balaban J connectivity index is 0.00000312. The predicted molar refractivity (Wildman–Crippen MR) is 94.6 cm³/mol. The number of ether oxygens (including phenoxy) is 2. The number of hydrogen-bond donors (Lipinski definition) is 2. The number of benzene rings is 1. The molecular weight excluding hydrogens is 399 g/mol. The van der Waals surface area contributed by atoms with Gasteiger partial charge in [-0.25, -0.2) is 0 Å². The van der Waals surface area contributed by atoms with Crippen molar-refractivity contribution in [2.45, 2.75) is 32.5 Å². The van der Waals surface area contributed by atoms with Crippen LogP contribution in [-0.2, 0) is 13.2 Å². The van der Waals surface area contributed by atoms with Crippen molar-refractivity contribution >= 4 is 11.6 Å². The lowest BCUT2D eigenvalue weighted by Gasteiger charge is -2.17. The second-order valence-electron chi connectivity index (χ2n) is 5.43. The second-order valence-corrected chi connectivity index (χ2v) is 5.83. The number of nitrogens with one attached hydrogen (secondary N) is 1. The molecule has 26 heavy (non-hydrogen) atoms. The average Bonchev–Trinajstić information content (AvgIpc) is 2.62. The summed E-state index contributed by atoms with van der Waals surface area (Å²) in [4.78, 5) is 4.06. The van der Waals surface area contributed by atoms with Gasteiger partial charge in [0.1, 0.15) is 6.61 Å². The number of hydrogen-bond acceptors (Lipinski definition) is 5. The molecule has 0 aliphatic rings. The molecule has 2 aromatic rings. The van der Waals surface area contributed by atoms with E-state index in [4.69, 9.17) is 21.1 Å². The van der Waals surface area contributed by atoms with Crippen LogP contribution in [-0.4, -0.2) is 29.8 Å². The van der Waals surface area contributed by atoms with Crippen LogP contribution in [0.3, 0.4) is 0 Å². The van der Waals surface area contributed by atoms with Gasteiger partial charge in [-0.2, -0.15) is 0 Å². The van der Waals surface area contributed by atoms with E-state index in [2.05, 4.69) is 10.3 Å². The number of aliphatic hydroxyl groups is 1. The first-order valence-corrected chi connectivity index (χ1v) is 8.28. The molecule has 0 saturated carbocycles. The van der Waals surface area contributed by atoms with Crippen molar-refractivity contribution in [2.24, 2.45) is 0 Å². The van der Waals surface area contributed by atoms with E-state index < -0.39 is 0 Å². The summed E-state index contributed by atoms with van der Waals surface area (Å²) in [7, 11) is 1.59. The lowest BCUT2D eigenvalue weighted by Crippen LogP contribution is -3.00. The summed E-state index contributed by atoms with van der Waals surface area (Å²) in [5, 5.41) is 13.0. The average molecular weight is 422 g/mol. The molecule has 5 nitrogen and oxygen atoms in total. The second kappa shape index (κ2) is 13.0. The van der Waals surface area contributed by atoms with Crippen LogP contribution in [0.15, 0.2) is 36.7 Å². The summed E-state index contributed by atoms with van der Waals surface area (Å²) in [5.74, 6) is 1.10. The molecule has 1 unspecified atom stereocenters. The number of aliphatic hydroxyl groups excluding tert-OH is 1. The molecule has 0 radical (unpaired) electrons. The van der Waals surface area contributed by atoms with Gasteiger partial charge < -0.3 is 44.7 Å². The Labute approximate surface area is 171 Å². The molecule has 1 atom stereocenters. The van der Waals surface area contributed by atoms with Crippen molar-refractivity contribution in [3.05, 3.63) is 52.8 Å². The number of methoxy groups -OCH3 is 1. The molecule has 0 aliphatic carbocycles. The highest BCUT2D eigenvalue weighted by Gasteiger charge is 2.13. The minimum Gasteiger partial charge on any atom is -1.00 e. The van der Waals surface area contributed by atoms with Crippen molar-refractivity contribution in [3.63, 3.8) is 0 Å². The maximum absolute atomic E-state index is 9.24. The first-order chi connectivity index (χ1) is 11.7. The smallest absolute Gasteiger partial charge is 0.180 e. The fraction of sp³-hybridized carbons (Fsp3) is 0.389. The van der Waals surface area contributed by atoms with Gasteiger partial charge in [-0.05, 0) is 30.2 Å². The molecule has 1 aromatic carbocycles. The minimum absolute atomic E-state index is 0. The van der Waals surface area contributed by atoms with E-state index >= 15 is 0 Å². The van der Waals surface area contributed by atoms with E-state index in [1.165, 1.54) is 0 Å². The van der Waals surface area contributed by atoms with Crippen molar-refractivity contribution < 1.29 is 39.4 Å². The highest BCUT2D eigenvalue weighted by atomic mass is 35.5. The van der Waals surface area contributed by atoms with Gasteiger partial charge in [-0.3, -0.25) is 4.98 Å². The number of rotatable bonds is 9. The molecule has 1 heterocycles. The molecule has 0 aliphatic heterocycles. The van der Waals surface area contributed by atoms with Crippen LogP contribution in [0.25, 0.3) is 0 Å². The summed E-state index contributed by atoms with van der Waals surface area (Å²) in [6, 6.07) is 7.60. The van der Waals surface area contributed by atoms with Crippen LogP contribution in [0.2, 0.25) is 5.02 Å². The van der Waals surface area contributed by atoms with Crippen LogP contribution in [0.1, 0.15) is 24.5 Å². The fourth-order valence-corrected chi connectivity index (χ4v) is 2.54. The molecule has 8 heteroatoms. The maximum atomic E-state index is 9.24. The van der Waals surface area contributed by atoms with Crippen LogP contribution in [0.4, 0.5) is 0 Å². The Morgan fingerprint density at radius 2 is 2.04 bits per heavy atom. The van der Waals surface area contributed by atoms with E-state index in [9.17, 15) is 5.11 Å². The number of pyridine rings is 1. The molecule has 0 fully saturated rings. The van der Waals surface area contributed by atoms with Crippen LogP contribution in [0.5, 0.6) is 11.5 Å². The number of nitrogens with zero attached hydrogens (tertiary/aromatic N) is 1. The normalized spacial score (nSPS) is 11.1. The summed E-state index contributed by atoms with van der Waals surface area (Å²) in [6.07, 6.45) is 4.32. The Morgan fingerprint density at radius 3 is 2.62 bits per heavy atom. The summed E-state index contributed by atoms with van der Waals surface area (Å²) in [5.41, 5.74) is 1.92. The van der Waals surface area contributed by atoms with Crippen LogP contribution >= 0.6 is 11.6 Å². The van der Waals surface area contributed by atoms with Gasteiger partial charge in [0.15, 0.2) is 11.5 Å². The van der Waals surface area contributed by atoms with E-state index in [0.29, 0.717) is 29.7 Å². The van der Waals surface area contributed by atoms with Crippen molar-refractivity contribution in [2.75, 3.05) is 13.7 Å². The molecule has 146 valence electrons. The molecule has 2 N–H and O–H groups in total. The molecule has 0 amide bonds. The Kier molecular flexibility index (Phi) is 12.4. The zero-order valence-electron chi connectivity index (χ0n) is 14.7. The van der Waals surface area contributed by atoms with Crippen LogP contribution < -0.4 is 39.6 Å². The molecule has 1 aromatic heterocycles. The number of aromatic nitrogens is 1. The van der Waals surface area contributed by atoms with Crippen molar-refractivity contribution in [3.8, 4) is 11.5 Å². The largest absolute Gasteiger partial charge is 1.00 e. The lowest BCUT2D eigenvalue weighted by molar-refractivity contribution is -0.001000. The molecule has 0 saturated heterocycles. The topological polar surface area (TPSA) is 63.6 Å². The molecule has 0 bridgehead atoms. The zero-order chi connectivity index (χ0) is 17.4. The molecule has 0 spiro atoms. The van der Waals surface area contributed by atoms with Gasteiger partial charge in [0, 0.05) is 30.5 Å². The third-order valence-corrected chi connectivity index (χ3v) is 3.98. The fourth-order valence-electron chi connectivity index (χ4n) is 2.25. The van der Waals surface area contributed by atoms with Crippen LogP contribution in [0, 0.1) is 0 Å². The predicted octanol–water partition coefficient (Wildman–Crippen LogP) is -2.81. The van der Waals surface area contributed by atoms with Gasteiger partial charge in [0.2, 0.25) is 0 Å². The molecular formula is C18H23Cl3N2O3-2. The van der Waals surface area contributed by atoms with Gasteiger partial charge in [-0.1, -0.05) is 24.6 Å². The zero-order valence-corrected chi connectivity index (χ0v) is 17.0. The lowest BCUT2D eigenvalue weighted by atomic mass is 10.1. The van der Waals surface area contributed by atoms with E-state index in [-0.39, 0.29) is 37.5 Å². The van der Waals surface area contributed by atoms with E-state index in [0.717, 1.165) is 17.5 Å². The standard InChI is InChI=1S/C18H23ClN2O3.2ClH/c1-3-15(11-22)21-10-14-7-16(19)18(17(8-14)23-2)24-12-13-5-4-6-20-9-13;;/h4-9,15,21-22H,3,10-12H2,1-2H3;2*1H/p-2. The quantitative estimate of drug-likeness (QED) is 0.458.